The molecule has 2 aliphatic rings. The summed E-state index contributed by atoms with van der Waals surface area (Å²) in [4.78, 5) is 15.7. The van der Waals surface area contributed by atoms with E-state index in [1.54, 1.807) is 0 Å². The Hall–Kier alpha value is -4.25. The first-order chi connectivity index (χ1) is 16.9. The van der Waals surface area contributed by atoms with E-state index in [9.17, 15) is 4.79 Å². The zero-order valence-corrected chi connectivity index (χ0v) is 20.2. The number of fused-ring (bicyclic) bond motifs is 6. The van der Waals surface area contributed by atoms with E-state index in [2.05, 4.69) is 36.2 Å². The van der Waals surface area contributed by atoms with Crippen LogP contribution in [-0.2, 0) is 10.3 Å². The number of nitrogens with zero attached hydrogens (tertiary/aromatic N) is 1. The Labute approximate surface area is 204 Å². The number of esters is 1. The van der Waals surface area contributed by atoms with E-state index < -0.39 is 5.60 Å². The molecule has 0 radical (unpaired) electrons. The number of aryl methyl sites for hydroxylation is 2. The summed E-state index contributed by atoms with van der Waals surface area (Å²) in [5.41, 5.74) is 6.97. The van der Waals surface area contributed by atoms with Crippen LogP contribution in [0.25, 0.3) is 0 Å². The maximum absolute atomic E-state index is 13.6. The number of rotatable bonds is 3. The summed E-state index contributed by atoms with van der Waals surface area (Å²) in [6.45, 7) is 4.17. The van der Waals surface area contributed by atoms with E-state index in [-0.39, 0.29) is 5.97 Å². The Morgan fingerprint density at radius 2 is 1.43 bits per heavy atom. The van der Waals surface area contributed by atoms with Gasteiger partial charge >= 0.3 is 5.97 Å². The molecule has 174 valence electrons. The van der Waals surface area contributed by atoms with Crippen LogP contribution >= 0.6 is 0 Å². The lowest BCUT2D eigenvalue weighted by atomic mass is 9.77. The van der Waals surface area contributed by atoms with Crippen molar-refractivity contribution in [2.24, 2.45) is 0 Å². The van der Waals surface area contributed by atoms with E-state index in [1.807, 2.05) is 80.8 Å². The molecule has 1 N–H and O–H groups in total. The third-order valence-corrected chi connectivity index (χ3v) is 6.85. The van der Waals surface area contributed by atoms with E-state index >= 15 is 0 Å². The van der Waals surface area contributed by atoms with Gasteiger partial charge in [-0.2, -0.15) is 0 Å². The first-order valence-corrected chi connectivity index (χ1v) is 11.7. The van der Waals surface area contributed by atoms with Crippen LogP contribution < -0.4 is 15.0 Å². The minimum Gasteiger partial charge on any atom is -0.456 e. The highest BCUT2D eigenvalue weighted by molar-refractivity contribution is 6.03. The van der Waals surface area contributed by atoms with Gasteiger partial charge in [-0.15, -0.1) is 0 Å². The number of hydrogen-bond donors (Lipinski definition) is 1. The minimum atomic E-state index is -1.07. The number of hydrogen-bond acceptors (Lipinski definition) is 5. The average molecular weight is 463 g/mol. The normalized spacial score (nSPS) is 14.5. The number of carbonyl (C=O) groups excluding carboxylic acids is 1. The number of carbonyl (C=O) groups is 1. The fourth-order valence-corrected chi connectivity index (χ4v) is 5.37. The third kappa shape index (κ3) is 3.04. The van der Waals surface area contributed by atoms with Crippen LogP contribution in [0.4, 0.5) is 17.1 Å². The molecule has 0 aliphatic carbocycles. The Morgan fingerprint density at radius 1 is 0.800 bits per heavy atom. The van der Waals surface area contributed by atoms with Gasteiger partial charge in [0.1, 0.15) is 11.5 Å². The molecule has 0 fully saturated rings. The van der Waals surface area contributed by atoms with Crippen molar-refractivity contribution < 1.29 is 14.3 Å². The molecule has 5 heteroatoms. The Bertz CT molecular complexity index is 1460. The molecule has 0 bridgehead atoms. The van der Waals surface area contributed by atoms with Crippen molar-refractivity contribution in [3.63, 3.8) is 0 Å². The summed E-state index contributed by atoms with van der Waals surface area (Å²) >= 11 is 0. The summed E-state index contributed by atoms with van der Waals surface area (Å²) in [7, 11) is 4.04. The van der Waals surface area contributed by atoms with Gasteiger partial charge in [0.15, 0.2) is 5.60 Å². The zero-order valence-electron chi connectivity index (χ0n) is 20.2. The lowest BCUT2D eigenvalue weighted by Gasteiger charge is -2.36. The molecule has 0 atom stereocenters. The van der Waals surface area contributed by atoms with Crippen molar-refractivity contribution in [2.45, 2.75) is 19.4 Å². The lowest BCUT2D eigenvalue weighted by molar-refractivity contribution is 0.0225. The molecule has 0 unspecified atom stereocenters. The van der Waals surface area contributed by atoms with Crippen molar-refractivity contribution in [1.29, 1.82) is 0 Å². The molecule has 0 saturated carbocycles. The Morgan fingerprint density at radius 3 is 2.09 bits per heavy atom. The molecule has 2 aliphatic heterocycles. The van der Waals surface area contributed by atoms with E-state index in [4.69, 9.17) is 9.47 Å². The van der Waals surface area contributed by atoms with E-state index in [0.717, 1.165) is 39.3 Å². The molecule has 1 spiro atoms. The summed E-state index contributed by atoms with van der Waals surface area (Å²) in [5.74, 6) is 1.02. The minimum absolute atomic E-state index is 0.356. The highest BCUT2D eigenvalue weighted by atomic mass is 16.6. The van der Waals surface area contributed by atoms with Crippen molar-refractivity contribution >= 4 is 23.0 Å². The van der Waals surface area contributed by atoms with Gasteiger partial charge in [-0.3, -0.25) is 0 Å². The number of anilines is 3. The van der Waals surface area contributed by atoms with Crippen LogP contribution in [0.1, 0.15) is 38.2 Å². The largest absolute Gasteiger partial charge is 0.456 e. The number of nitrogens with one attached hydrogen (secondary N) is 1. The van der Waals surface area contributed by atoms with Gasteiger partial charge in [0.05, 0.1) is 22.6 Å². The third-order valence-electron chi connectivity index (χ3n) is 6.85. The standard InChI is InChI=1S/C30H26N2O3/c1-18-16-19(2)28(24(17-18)32(3)4)31-23-13-9-12-22-27(23)29(33)35-30(22)20-10-5-7-14-25(20)34-26-15-8-6-11-21(26)30/h5-17,31H,1-4H3. The lowest BCUT2D eigenvalue weighted by Crippen LogP contribution is -2.32. The molecule has 2 heterocycles. The first kappa shape index (κ1) is 21.3. The van der Waals surface area contributed by atoms with E-state index in [0.29, 0.717) is 17.1 Å². The molecular formula is C30H26N2O3. The highest BCUT2D eigenvalue weighted by Crippen LogP contribution is 2.57. The van der Waals surface area contributed by atoms with Crippen LogP contribution in [0.5, 0.6) is 11.5 Å². The highest BCUT2D eigenvalue weighted by Gasteiger charge is 2.54. The average Bonchev–Trinajstić information content (AvgIpc) is 3.14. The maximum atomic E-state index is 13.6. The quantitative estimate of drug-likeness (QED) is 0.344. The van der Waals surface area contributed by atoms with Crippen molar-refractivity contribution in [2.75, 3.05) is 24.3 Å². The molecule has 6 rings (SSSR count). The zero-order chi connectivity index (χ0) is 24.3. The van der Waals surface area contributed by atoms with Gasteiger partial charge in [0, 0.05) is 30.8 Å². The molecule has 35 heavy (non-hydrogen) atoms. The molecule has 0 amide bonds. The van der Waals surface area contributed by atoms with Crippen LogP contribution in [0, 0.1) is 13.8 Å². The summed E-state index contributed by atoms with van der Waals surface area (Å²) in [6.07, 6.45) is 0. The molecule has 0 saturated heterocycles. The first-order valence-electron chi connectivity index (χ1n) is 11.7. The van der Waals surface area contributed by atoms with Crippen LogP contribution in [0.3, 0.4) is 0 Å². The summed E-state index contributed by atoms with van der Waals surface area (Å²) < 4.78 is 12.5. The second-order valence-electron chi connectivity index (χ2n) is 9.39. The topological polar surface area (TPSA) is 50.8 Å². The van der Waals surface area contributed by atoms with Gasteiger partial charge < -0.3 is 19.7 Å². The fraction of sp³-hybridized carbons (Fsp3) is 0.167. The predicted octanol–water partition coefficient (Wildman–Crippen LogP) is 6.68. The monoisotopic (exact) mass is 462 g/mol. The van der Waals surface area contributed by atoms with Gasteiger partial charge in [-0.1, -0.05) is 54.6 Å². The molecule has 5 nitrogen and oxygen atoms in total. The van der Waals surface area contributed by atoms with Crippen molar-refractivity contribution in [1.82, 2.24) is 0 Å². The molecule has 4 aromatic carbocycles. The van der Waals surface area contributed by atoms with Crippen molar-refractivity contribution in [3.8, 4) is 11.5 Å². The van der Waals surface area contributed by atoms with Crippen LogP contribution in [0.15, 0.2) is 78.9 Å². The molecular weight excluding hydrogens is 436 g/mol. The Balaban J connectivity index is 1.58. The number of ether oxygens (including phenoxy) is 2. The van der Waals surface area contributed by atoms with Crippen LogP contribution in [0.2, 0.25) is 0 Å². The number of benzene rings is 4. The fourth-order valence-electron chi connectivity index (χ4n) is 5.37. The summed E-state index contributed by atoms with van der Waals surface area (Å²) in [6, 6.07) is 25.7. The van der Waals surface area contributed by atoms with Gasteiger partial charge in [0.25, 0.3) is 0 Å². The van der Waals surface area contributed by atoms with Gasteiger partial charge in [-0.05, 0) is 49.2 Å². The maximum Gasteiger partial charge on any atom is 0.342 e. The SMILES string of the molecule is Cc1cc(C)c(Nc2cccc3c2C(=O)OC32c3ccccc3Oc3ccccc32)c(N(C)C)c1. The second kappa shape index (κ2) is 7.64. The van der Waals surface area contributed by atoms with Crippen molar-refractivity contribution in [3.05, 3.63) is 112 Å². The molecule has 0 aromatic heterocycles. The van der Waals surface area contributed by atoms with E-state index in [1.165, 1.54) is 5.56 Å². The summed E-state index contributed by atoms with van der Waals surface area (Å²) in [5, 5.41) is 3.58. The smallest absolute Gasteiger partial charge is 0.342 e. The van der Waals surface area contributed by atoms with Crippen LogP contribution in [-0.4, -0.2) is 20.1 Å². The number of para-hydroxylation sites is 2. The molecule has 4 aromatic rings. The van der Waals surface area contributed by atoms with Gasteiger partial charge in [0.2, 0.25) is 0 Å². The predicted molar refractivity (Wildman–Crippen MR) is 138 cm³/mol. The van der Waals surface area contributed by atoms with Gasteiger partial charge in [-0.25, -0.2) is 4.79 Å². The Kier molecular flexibility index (Phi) is 4.65. The second-order valence-corrected chi connectivity index (χ2v) is 9.39.